The largest absolute Gasteiger partial charge is 0.378 e. The molecule has 0 saturated heterocycles. The van der Waals surface area contributed by atoms with Crippen molar-refractivity contribution in [2.45, 2.75) is 4.21 Å². The van der Waals surface area contributed by atoms with Crippen molar-refractivity contribution in [2.24, 2.45) is 0 Å². The number of carbonyl (C=O) groups excluding carboxylic acids is 1. The number of hydrogen-bond acceptors (Lipinski definition) is 10. The summed E-state index contributed by atoms with van der Waals surface area (Å²) in [6, 6.07) is 14.8. The lowest BCUT2D eigenvalue weighted by molar-refractivity contribution is -0.112. The Balaban J connectivity index is 1.50. The minimum absolute atomic E-state index is 0.0644. The van der Waals surface area contributed by atoms with Crippen LogP contribution in [0.5, 0.6) is 5.75 Å². The first-order valence-electron chi connectivity index (χ1n) is 8.83. The monoisotopic (exact) mass is 500 g/mol. The van der Waals surface area contributed by atoms with Crippen LogP contribution in [-0.4, -0.2) is 24.5 Å². The topological polar surface area (TPSA) is 122 Å². The number of rotatable bonds is 7. The zero-order valence-corrected chi connectivity index (χ0v) is 19.2. The molecule has 0 aliphatic heterocycles. The van der Waals surface area contributed by atoms with Gasteiger partial charge in [-0.3, -0.25) is 10.1 Å². The molecule has 12 heteroatoms. The molecule has 160 valence electrons. The normalized spacial score (nSPS) is 11.7. The first-order chi connectivity index (χ1) is 15.4. The fourth-order valence-electron chi connectivity index (χ4n) is 2.48. The van der Waals surface area contributed by atoms with Gasteiger partial charge in [0, 0.05) is 0 Å². The Labute approximate surface area is 195 Å². The van der Waals surface area contributed by atoms with Crippen LogP contribution in [0.15, 0.2) is 69.1 Å². The summed E-state index contributed by atoms with van der Waals surface area (Å²) in [5.74, 6) is -0.589. The SMILES string of the molecule is N#C/C(=C\c1cccc(OS(=O)(=O)c2cccs2)c1)C(=O)Nc1nnc(-c2cccs2)s1. The second-order valence-electron chi connectivity index (χ2n) is 6.06. The summed E-state index contributed by atoms with van der Waals surface area (Å²) >= 11 is 3.74. The van der Waals surface area contributed by atoms with Gasteiger partial charge < -0.3 is 4.18 Å². The van der Waals surface area contributed by atoms with E-state index in [0.29, 0.717) is 10.6 Å². The van der Waals surface area contributed by atoms with Crippen LogP contribution in [-0.2, 0) is 14.9 Å². The van der Waals surface area contributed by atoms with Crippen molar-refractivity contribution >= 4 is 61.2 Å². The third-order valence-corrected chi connectivity index (χ3v) is 8.34. The number of nitrogens with zero attached hydrogens (tertiary/aromatic N) is 3. The van der Waals surface area contributed by atoms with Crippen LogP contribution >= 0.6 is 34.0 Å². The molecule has 3 heterocycles. The lowest BCUT2D eigenvalue weighted by Gasteiger charge is -2.06. The first kappa shape index (κ1) is 21.8. The van der Waals surface area contributed by atoms with E-state index < -0.39 is 16.0 Å². The van der Waals surface area contributed by atoms with Gasteiger partial charge in [-0.15, -0.1) is 32.9 Å². The Morgan fingerprint density at radius 2 is 1.91 bits per heavy atom. The van der Waals surface area contributed by atoms with Gasteiger partial charge in [0.15, 0.2) is 9.22 Å². The summed E-state index contributed by atoms with van der Waals surface area (Å²) in [6.45, 7) is 0. The van der Waals surface area contributed by atoms with E-state index in [9.17, 15) is 18.5 Å². The van der Waals surface area contributed by atoms with Crippen molar-refractivity contribution < 1.29 is 17.4 Å². The molecule has 0 aliphatic carbocycles. The first-order valence-corrected chi connectivity index (χ1v) is 12.8. The molecule has 8 nitrogen and oxygen atoms in total. The summed E-state index contributed by atoms with van der Waals surface area (Å²) < 4.78 is 29.8. The van der Waals surface area contributed by atoms with Crippen molar-refractivity contribution in [1.29, 1.82) is 5.26 Å². The van der Waals surface area contributed by atoms with Crippen molar-refractivity contribution in [2.75, 3.05) is 5.32 Å². The molecule has 0 saturated carbocycles. The highest BCUT2D eigenvalue weighted by Gasteiger charge is 2.18. The standard InChI is InChI=1S/C20H12N4O4S4/c21-12-14(18(25)22-20-24-23-19(31-20)16-6-2-8-29-16)10-13-4-1-5-15(11-13)28-32(26,27)17-7-3-9-30-17/h1-11H,(H,22,24,25)/b14-10+. The Morgan fingerprint density at radius 3 is 2.62 bits per heavy atom. The van der Waals surface area contributed by atoms with Gasteiger partial charge in [0.1, 0.15) is 17.4 Å². The molecule has 3 aromatic heterocycles. The molecule has 0 radical (unpaired) electrons. The van der Waals surface area contributed by atoms with Gasteiger partial charge in [0.25, 0.3) is 5.91 Å². The highest BCUT2D eigenvalue weighted by Crippen LogP contribution is 2.30. The van der Waals surface area contributed by atoms with Gasteiger partial charge in [0.05, 0.1) is 4.88 Å². The average molecular weight is 501 g/mol. The molecule has 32 heavy (non-hydrogen) atoms. The van der Waals surface area contributed by atoms with Crippen LogP contribution in [0.1, 0.15) is 5.56 Å². The lowest BCUT2D eigenvalue weighted by Crippen LogP contribution is -2.13. The number of benzene rings is 1. The van der Waals surface area contributed by atoms with E-state index in [1.165, 1.54) is 46.9 Å². The van der Waals surface area contributed by atoms with Crippen LogP contribution in [0.4, 0.5) is 5.13 Å². The maximum absolute atomic E-state index is 12.5. The van der Waals surface area contributed by atoms with Crippen molar-refractivity contribution in [3.8, 4) is 21.7 Å². The fourth-order valence-corrected chi connectivity index (χ4v) is 5.89. The van der Waals surface area contributed by atoms with Gasteiger partial charge >= 0.3 is 10.1 Å². The van der Waals surface area contributed by atoms with E-state index in [1.807, 2.05) is 23.6 Å². The molecule has 1 N–H and O–H groups in total. The molecule has 0 fully saturated rings. The number of nitrogens with one attached hydrogen (secondary N) is 1. The van der Waals surface area contributed by atoms with Crippen LogP contribution in [0.2, 0.25) is 0 Å². The van der Waals surface area contributed by atoms with Crippen LogP contribution < -0.4 is 9.50 Å². The zero-order valence-electron chi connectivity index (χ0n) is 16.0. The van der Waals surface area contributed by atoms with Gasteiger partial charge in [-0.05, 0) is 46.7 Å². The van der Waals surface area contributed by atoms with Gasteiger partial charge in [-0.2, -0.15) is 13.7 Å². The minimum Gasteiger partial charge on any atom is -0.378 e. The summed E-state index contributed by atoms with van der Waals surface area (Å²) in [5.41, 5.74) is 0.239. The van der Waals surface area contributed by atoms with E-state index in [-0.39, 0.29) is 20.7 Å². The molecule has 0 unspecified atom stereocenters. The maximum atomic E-state index is 12.5. The lowest BCUT2D eigenvalue weighted by atomic mass is 10.1. The highest BCUT2D eigenvalue weighted by atomic mass is 32.3. The Bertz CT molecular complexity index is 1420. The average Bonchev–Trinajstić information content (AvgIpc) is 3.54. The molecule has 4 rings (SSSR count). The second-order valence-corrected chi connectivity index (χ2v) is 10.7. The zero-order chi connectivity index (χ0) is 22.6. The fraction of sp³-hybridized carbons (Fsp3) is 0. The van der Waals surface area contributed by atoms with Crippen LogP contribution in [0.25, 0.3) is 16.0 Å². The number of anilines is 1. The Kier molecular flexibility index (Phi) is 6.42. The Hall–Kier alpha value is -3.37. The summed E-state index contributed by atoms with van der Waals surface area (Å²) in [4.78, 5) is 13.5. The van der Waals surface area contributed by atoms with Crippen LogP contribution in [0.3, 0.4) is 0 Å². The van der Waals surface area contributed by atoms with Gasteiger partial charge in [-0.1, -0.05) is 35.6 Å². The number of thiophene rings is 2. The molecular formula is C20H12N4O4S4. The van der Waals surface area contributed by atoms with E-state index in [4.69, 9.17) is 4.18 Å². The predicted molar refractivity (Wildman–Crippen MR) is 124 cm³/mol. The smallest absolute Gasteiger partial charge is 0.348 e. The molecule has 1 aromatic carbocycles. The Morgan fingerprint density at radius 1 is 1.09 bits per heavy atom. The van der Waals surface area contributed by atoms with E-state index in [1.54, 1.807) is 23.6 Å². The van der Waals surface area contributed by atoms with Gasteiger partial charge in [0.2, 0.25) is 5.13 Å². The molecule has 0 spiro atoms. The number of hydrogen-bond donors (Lipinski definition) is 1. The van der Waals surface area contributed by atoms with Crippen molar-refractivity contribution in [1.82, 2.24) is 10.2 Å². The summed E-state index contributed by atoms with van der Waals surface area (Å²) in [7, 11) is -3.95. The van der Waals surface area contributed by atoms with Crippen molar-refractivity contribution in [3.05, 3.63) is 70.4 Å². The minimum atomic E-state index is -3.95. The third-order valence-electron chi connectivity index (χ3n) is 3.86. The van der Waals surface area contributed by atoms with E-state index in [0.717, 1.165) is 16.2 Å². The third kappa shape index (κ3) is 5.09. The molecular weight excluding hydrogens is 489 g/mol. The van der Waals surface area contributed by atoms with E-state index in [2.05, 4.69) is 15.5 Å². The number of carbonyl (C=O) groups is 1. The molecule has 1 amide bonds. The second kappa shape index (κ2) is 9.41. The highest BCUT2D eigenvalue weighted by molar-refractivity contribution is 7.89. The van der Waals surface area contributed by atoms with E-state index >= 15 is 0 Å². The maximum Gasteiger partial charge on any atom is 0.348 e. The molecule has 0 atom stereocenters. The summed E-state index contributed by atoms with van der Waals surface area (Å²) in [5, 5.41) is 24.4. The molecule has 4 aromatic rings. The number of aromatic nitrogens is 2. The summed E-state index contributed by atoms with van der Waals surface area (Å²) in [6.07, 6.45) is 1.33. The number of nitriles is 1. The number of amides is 1. The van der Waals surface area contributed by atoms with Crippen molar-refractivity contribution in [3.63, 3.8) is 0 Å². The molecule has 0 aliphatic rings. The quantitative estimate of drug-likeness (QED) is 0.223. The predicted octanol–water partition coefficient (Wildman–Crippen LogP) is 4.64. The molecule has 0 bridgehead atoms. The van der Waals surface area contributed by atoms with Gasteiger partial charge in [-0.25, -0.2) is 0 Å². The van der Waals surface area contributed by atoms with Crippen LogP contribution in [0, 0.1) is 11.3 Å².